The minimum Gasteiger partial charge on any atom is -0.741 e. The van der Waals surface area contributed by atoms with E-state index in [0.29, 0.717) is 0 Å². The summed E-state index contributed by atoms with van der Waals surface area (Å²) in [7, 11) is -10.00. The van der Waals surface area contributed by atoms with Crippen LogP contribution in [0.2, 0.25) is 0 Å². The van der Waals surface area contributed by atoms with Gasteiger partial charge in [-0.25, -0.2) is 13.0 Å². The van der Waals surface area contributed by atoms with Crippen molar-refractivity contribution in [3.05, 3.63) is 18.7 Å². The molecule has 0 amide bonds. The molecule has 0 radical (unpaired) electrons. The molecule has 0 saturated carbocycles. The van der Waals surface area contributed by atoms with Gasteiger partial charge in [0.1, 0.15) is 24.2 Å². The third-order valence-electron chi connectivity index (χ3n) is 2.30. The quantitative estimate of drug-likeness (QED) is 0.444. The number of hydrogen-bond donors (Lipinski definition) is 2. The summed E-state index contributed by atoms with van der Waals surface area (Å²) < 4.78 is 90.9. The van der Waals surface area contributed by atoms with Crippen molar-refractivity contribution in [2.24, 2.45) is 0 Å². The molecule has 2 N–H and O–H groups in total. The molecule has 0 saturated heterocycles. The smallest absolute Gasteiger partial charge is 0.485 e. The molecule has 130 valence electrons. The zero-order valence-corrected chi connectivity index (χ0v) is 12.9. The number of H-pyrrole nitrogens is 1. The molecule has 0 fully saturated rings. The highest BCUT2D eigenvalue weighted by Gasteiger charge is 2.36. The van der Waals surface area contributed by atoms with E-state index in [1.807, 2.05) is 6.92 Å². The monoisotopic (exact) mass is 368 g/mol. The van der Waals surface area contributed by atoms with Gasteiger partial charge in [0.25, 0.3) is 10.1 Å². The number of aromatic nitrogens is 2. The maximum Gasteiger partial charge on any atom is 0.485 e. The van der Waals surface area contributed by atoms with Crippen LogP contribution in [-0.4, -0.2) is 42.2 Å². The summed E-state index contributed by atoms with van der Waals surface area (Å²) in [5.41, 5.74) is -5.65. The summed E-state index contributed by atoms with van der Waals surface area (Å²) in [5.74, 6) is -0.233. The average Bonchev–Trinajstić information content (AvgIpc) is 2.77. The van der Waals surface area contributed by atoms with Gasteiger partial charge in [-0.2, -0.15) is 21.6 Å². The molecule has 1 rings (SSSR count). The molecule has 1 atom stereocenters. The van der Waals surface area contributed by atoms with Crippen LogP contribution in [0.4, 0.5) is 13.2 Å². The van der Waals surface area contributed by atoms with Crippen LogP contribution in [0.25, 0.3) is 0 Å². The van der Waals surface area contributed by atoms with Crippen molar-refractivity contribution in [3.63, 3.8) is 0 Å². The Morgan fingerprint density at radius 2 is 1.82 bits per heavy atom. The number of nitrogens with zero attached hydrogens (tertiary/aromatic N) is 1. The maximum atomic E-state index is 10.7. The predicted molar refractivity (Wildman–Crippen MR) is 67.1 cm³/mol. The molecular weight excluding hydrogens is 353 g/mol. The van der Waals surface area contributed by atoms with E-state index in [-0.39, 0.29) is 11.8 Å². The van der Waals surface area contributed by atoms with Gasteiger partial charge in [-0.15, -0.1) is 0 Å². The van der Waals surface area contributed by atoms with Crippen molar-refractivity contribution < 1.29 is 43.7 Å². The van der Waals surface area contributed by atoms with Crippen molar-refractivity contribution in [1.82, 2.24) is 4.98 Å². The van der Waals surface area contributed by atoms with Crippen LogP contribution in [0.5, 0.6) is 0 Å². The fraction of sp³-hybridized carbons (Fsp3) is 0.667. The number of halogens is 3. The van der Waals surface area contributed by atoms with Crippen molar-refractivity contribution in [1.29, 1.82) is 0 Å². The van der Waals surface area contributed by atoms with E-state index < -0.39 is 25.7 Å². The molecular formula is C9H15F3N2O6S2. The topological polar surface area (TPSA) is 131 Å². The zero-order valence-electron chi connectivity index (χ0n) is 11.3. The lowest BCUT2D eigenvalue weighted by Gasteiger charge is -2.10. The van der Waals surface area contributed by atoms with Crippen molar-refractivity contribution in [2.45, 2.75) is 31.3 Å². The average molecular weight is 368 g/mol. The first-order chi connectivity index (χ1) is 9.78. The molecule has 0 aliphatic heterocycles. The Hall–Kier alpha value is -1.18. The third kappa shape index (κ3) is 8.31. The normalized spacial score (nSPS) is 14.1. The van der Waals surface area contributed by atoms with Gasteiger partial charge in [0, 0.05) is 0 Å². The van der Waals surface area contributed by atoms with Gasteiger partial charge in [-0.3, -0.25) is 9.54 Å². The number of rotatable bonds is 5. The first-order valence-electron chi connectivity index (χ1n) is 5.78. The van der Waals surface area contributed by atoms with Gasteiger partial charge in [-0.1, -0.05) is 13.3 Å². The van der Waals surface area contributed by atoms with E-state index >= 15 is 0 Å². The number of imidazole rings is 1. The van der Waals surface area contributed by atoms with Crippen LogP contribution in [-0.2, 0) is 20.2 Å². The van der Waals surface area contributed by atoms with Gasteiger partial charge >= 0.3 is 5.51 Å². The Kier molecular flexibility index (Phi) is 7.47. The second kappa shape index (κ2) is 7.89. The summed E-state index contributed by atoms with van der Waals surface area (Å²) >= 11 is 0. The summed E-state index contributed by atoms with van der Waals surface area (Å²) in [4.78, 5) is 2.84. The molecule has 8 nitrogen and oxygen atoms in total. The molecule has 1 aromatic rings. The molecule has 0 bridgehead atoms. The Balaban J connectivity index is 0.000000472. The number of aromatic amines is 1. The van der Waals surface area contributed by atoms with Gasteiger partial charge in [0.05, 0.1) is 0 Å². The fourth-order valence-corrected chi connectivity index (χ4v) is 2.25. The minimum atomic E-state index is -6.09. The standard InChI is InChI=1S/C8H14N2O3S.CHF3O3S/c1-2-3-8(6-14(11,12)13)10-5-4-9-7-10;2-1(3,4)8(5,6)7/h4-5,7-8H,2-3,6H2,1H3,(H,11,12,13);(H,5,6,7). The van der Waals surface area contributed by atoms with Crippen LogP contribution < -0.4 is 4.57 Å². The summed E-state index contributed by atoms with van der Waals surface area (Å²) in [5, 5.41) is 0. The van der Waals surface area contributed by atoms with E-state index in [2.05, 4.69) is 4.98 Å². The largest absolute Gasteiger partial charge is 0.741 e. The lowest BCUT2D eigenvalue weighted by Crippen LogP contribution is -2.41. The summed E-state index contributed by atoms with van der Waals surface area (Å²) in [6.07, 6.45) is 6.75. The molecule has 1 aromatic heterocycles. The van der Waals surface area contributed by atoms with Gasteiger partial charge in [0.2, 0.25) is 6.33 Å². The maximum absolute atomic E-state index is 10.7. The van der Waals surface area contributed by atoms with Gasteiger partial charge < -0.3 is 4.55 Å². The van der Waals surface area contributed by atoms with Gasteiger partial charge in [-0.05, 0) is 6.42 Å². The van der Waals surface area contributed by atoms with Gasteiger partial charge in [0.15, 0.2) is 10.1 Å². The second-order valence-corrected chi connectivity index (χ2v) is 7.02. The van der Waals surface area contributed by atoms with E-state index in [4.69, 9.17) is 17.5 Å². The zero-order chi connectivity index (χ0) is 17.6. The van der Waals surface area contributed by atoms with Crippen LogP contribution in [0.3, 0.4) is 0 Å². The van der Waals surface area contributed by atoms with E-state index in [1.165, 1.54) is 0 Å². The molecule has 13 heteroatoms. The van der Waals surface area contributed by atoms with Crippen LogP contribution in [0.15, 0.2) is 18.7 Å². The first kappa shape index (κ1) is 20.8. The lowest BCUT2D eigenvalue weighted by atomic mass is 10.2. The third-order valence-corrected chi connectivity index (χ3v) is 3.67. The molecule has 0 aliphatic carbocycles. The van der Waals surface area contributed by atoms with Crippen molar-refractivity contribution in [2.75, 3.05) is 5.75 Å². The van der Waals surface area contributed by atoms with E-state index in [0.717, 1.165) is 12.8 Å². The van der Waals surface area contributed by atoms with Crippen molar-refractivity contribution >= 4 is 20.2 Å². The molecule has 1 heterocycles. The Bertz CT molecular complexity index is 639. The summed E-state index contributed by atoms with van der Waals surface area (Å²) in [6.45, 7) is 1.98. The van der Waals surface area contributed by atoms with Crippen molar-refractivity contribution in [3.8, 4) is 0 Å². The number of alkyl halides is 3. The summed E-state index contributed by atoms with van der Waals surface area (Å²) in [6, 6.07) is -0.193. The van der Waals surface area contributed by atoms with Crippen LogP contribution in [0.1, 0.15) is 25.8 Å². The minimum absolute atomic E-state index is 0.193. The first-order valence-corrected chi connectivity index (χ1v) is 8.80. The fourth-order valence-electron chi connectivity index (χ4n) is 1.42. The highest BCUT2D eigenvalue weighted by atomic mass is 32.2. The highest BCUT2D eigenvalue weighted by molar-refractivity contribution is 7.86. The number of nitrogens with one attached hydrogen (secondary N) is 1. The predicted octanol–water partition coefficient (Wildman–Crippen LogP) is 0.583. The molecule has 22 heavy (non-hydrogen) atoms. The van der Waals surface area contributed by atoms with Crippen LogP contribution in [0, 0.1) is 0 Å². The highest BCUT2D eigenvalue weighted by Crippen LogP contribution is 2.20. The molecule has 1 unspecified atom stereocenters. The van der Waals surface area contributed by atoms with E-state index in [9.17, 15) is 21.6 Å². The SMILES string of the molecule is CCCC(CS(=O)(=O)O)[n+]1cc[nH]c1.O=S(=O)([O-])C(F)(F)F. The Morgan fingerprint density at radius 3 is 2.09 bits per heavy atom. The Morgan fingerprint density at radius 1 is 1.32 bits per heavy atom. The van der Waals surface area contributed by atoms with Crippen LogP contribution >= 0.6 is 0 Å². The number of hydrogen-bond acceptors (Lipinski definition) is 5. The molecule has 0 spiro atoms. The lowest BCUT2D eigenvalue weighted by molar-refractivity contribution is -0.718. The Labute approximate surface area is 125 Å². The second-order valence-electron chi connectivity index (χ2n) is 4.15. The molecule has 0 aromatic carbocycles. The van der Waals surface area contributed by atoms with E-state index in [1.54, 1.807) is 23.3 Å². The molecule has 0 aliphatic rings.